The Morgan fingerprint density at radius 3 is 2.52 bits per heavy atom. The first-order valence-electron chi connectivity index (χ1n) is 7.13. The number of nitrogens with zero attached hydrogens (tertiary/aromatic N) is 6. The van der Waals surface area contributed by atoms with Crippen molar-refractivity contribution in [3.05, 3.63) is 48.6 Å². The molecule has 0 radical (unpaired) electrons. The zero-order chi connectivity index (χ0) is 16.1. The second kappa shape index (κ2) is 7.34. The maximum absolute atomic E-state index is 13.2. The molecule has 0 unspecified atom stereocenters. The van der Waals surface area contributed by atoms with Gasteiger partial charge in [-0.2, -0.15) is 0 Å². The Bertz CT molecular complexity index is 739. The summed E-state index contributed by atoms with van der Waals surface area (Å²) in [5.41, 5.74) is 6.47. The third kappa shape index (κ3) is 3.74. The molecular formula is C14H16FN7S. The lowest BCUT2D eigenvalue weighted by atomic mass is 10.3. The Morgan fingerprint density at radius 1 is 1.09 bits per heavy atom. The van der Waals surface area contributed by atoms with E-state index in [2.05, 4.69) is 20.4 Å². The Hall–Kier alpha value is -2.26. The highest BCUT2D eigenvalue weighted by Gasteiger charge is 2.14. The van der Waals surface area contributed by atoms with Gasteiger partial charge in [0.05, 0.1) is 0 Å². The van der Waals surface area contributed by atoms with Crippen LogP contribution in [0.3, 0.4) is 0 Å². The maximum Gasteiger partial charge on any atom is 0.195 e. The van der Waals surface area contributed by atoms with Crippen LogP contribution in [0.25, 0.3) is 5.69 Å². The van der Waals surface area contributed by atoms with E-state index in [9.17, 15) is 4.39 Å². The van der Waals surface area contributed by atoms with Gasteiger partial charge in [-0.05, 0) is 30.8 Å². The van der Waals surface area contributed by atoms with Crippen LogP contribution < -0.4 is 5.73 Å². The van der Waals surface area contributed by atoms with Crippen molar-refractivity contribution < 1.29 is 4.39 Å². The summed E-state index contributed by atoms with van der Waals surface area (Å²) in [5, 5.41) is 16.7. The monoisotopic (exact) mass is 333 g/mol. The molecule has 0 aliphatic heterocycles. The molecule has 3 aromatic rings. The van der Waals surface area contributed by atoms with E-state index in [4.69, 9.17) is 5.73 Å². The van der Waals surface area contributed by atoms with Gasteiger partial charge in [-0.3, -0.25) is 4.57 Å². The van der Waals surface area contributed by atoms with Crippen LogP contribution in [-0.4, -0.2) is 41.8 Å². The van der Waals surface area contributed by atoms with Gasteiger partial charge in [-0.1, -0.05) is 11.8 Å². The second-order valence-corrected chi connectivity index (χ2v) is 5.86. The van der Waals surface area contributed by atoms with Gasteiger partial charge in [0.15, 0.2) is 5.16 Å². The lowest BCUT2D eigenvalue weighted by Gasteiger charge is -2.10. The number of hydrogen-bond acceptors (Lipinski definition) is 6. The topological polar surface area (TPSA) is 87.4 Å². The van der Waals surface area contributed by atoms with Crippen molar-refractivity contribution in [3.8, 4) is 5.69 Å². The van der Waals surface area contributed by atoms with Crippen molar-refractivity contribution in [3.63, 3.8) is 0 Å². The summed E-state index contributed by atoms with van der Waals surface area (Å²) in [4.78, 5) is 0. The van der Waals surface area contributed by atoms with Crippen LogP contribution in [0.2, 0.25) is 0 Å². The molecule has 3 rings (SSSR count). The molecule has 0 atom stereocenters. The summed E-state index contributed by atoms with van der Waals surface area (Å²) in [6, 6.07) is 6.27. The van der Waals surface area contributed by atoms with Gasteiger partial charge >= 0.3 is 0 Å². The SMILES string of the molecule is NCCc1nnc(SCCn2cnnc2)n1-c1ccc(F)cc1. The van der Waals surface area contributed by atoms with E-state index >= 15 is 0 Å². The van der Waals surface area contributed by atoms with E-state index in [1.807, 2.05) is 9.13 Å². The standard InChI is InChI=1S/C14H16FN7S/c15-11-1-3-12(4-2-11)22-13(5-6-16)19-20-14(22)23-8-7-21-9-17-18-10-21/h1-4,9-10H,5-8,16H2. The van der Waals surface area contributed by atoms with Crippen LogP contribution in [0.15, 0.2) is 42.1 Å². The van der Waals surface area contributed by atoms with Crippen molar-refractivity contribution in [1.29, 1.82) is 0 Å². The lowest BCUT2D eigenvalue weighted by molar-refractivity contribution is 0.627. The minimum atomic E-state index is -0.274. The number of aromatic nitrogens is 6. The molecule has 7 nitrogen and oxygen atoms in total. The number of nitrogens with two attached hydrogens (primary N) is 1. The summed E-state index contributed by atoms with van der Waals surface area (Å²) < 4.78 is 17.0. The quantitative estimate of drug-likeness (QED) is 0.656. The predicted octanol–water partition coefficient (Wildman–Crippen LogP) is 1.29. The van der Waals surface area contributed by atoms with Crippen LogP contribution in [0.1, 0.15) is 5.82 Å². The molecule has 2 heterocycles. The van der Waals surface area contributed by atoms with Gasteiger partial charge in [0.1, 0.15) is 24.3 Å². The molecule has 0 aliphatic rings. The average Bonchev–Trinajstić information content (AvgIpc) is 3.19. The van der Waals surface area contributed by atoms with Crippen LogP contribution in [0.5, 0.6) is 0 Å². The van der Waals surface area contributed by atoms with E-state index in [-0.39, 0.29) is 5.82 Å². The zero-order valence-electron chi connectivity index (χ0n) is 12.3. The highest BCUT2D eigenvalue weighted by molar-refractivity contribution is 7.99. The first kappa shape index (κ1) is 15.6. The fourth-order valence-corrected chi connectivity index (χ4v) is 3.04. The number of aryl methyl sites for hydroxylation is 1. The summed E-state index contributed by atoms with van der Waals surface area (Å²) in [5.74, 6) is 1.29. The molecule has 0 saturated carbocycles. The van der Waals surface area contributed by atoms with Crippen LogP contribution >= 0.6 is 11.8 Å². The third-order valence-electron chi connectivity index (χ3n) is 3.20. The van der Waals surface area contributed by atoms with E-state index in [1.165, 1.54) is 12.1 Å². The molecule has 0 fully saturated rings. The molecule has 2 N–H and O–H groups in total. The smallest absolute Gasteiger partial charge is 0.195 e. The fraction of sp³-hybridized carbons (Fsp3) is 0.286. The number of thioether (sulfide) groups is 1. The largest absolute Gasteiger partial charge is 0.330 e. The summed E-state index contributed by atoms with van der Waals surface area (Å²) in [6.07, 6.45) is 3.95. The Kier molecular flexibility index (Phi) is 4.99. The van der Waals surface area contributed by atoms with Crippen molar-refractivity contribution in [2.24, 2.45) is 5.73 Å². The van der Waals surface area contributed by atoms with Gasteiger partial charge in [-0.25, -0.2) is 4.39 Å². The van der Waals surface area contributed by atoms with Gasteiger partial charge < -0.3 is 10.3 Å². The van der Waals surface area contributed by atoms with E-state index in [0.717, 1.165) is 29.0 Å². The lowest BCUT2D eigenvalue weighted by Crippen LogP contribution is -2.10. The minimum Gasteiger partial charge on any atom is -0.330 e. The average molecular weight is 333 g/mol. The van der Waals surface area contributed by atoms with Gasteiger partial charge in [0.2, 0.25) is 0 Å². The van der Waals surface area contributed by atoms with E-state index in [1.54, 1.807) is 36.5 Å². The van der Waals surface area contributed by atoms with Crippen LogP contribution in [0.4, 0.5) is 4.39 Å². The molecular weight excluding hydrogens is 317 g/mol. The predicted molar refractivity (Wildman–Crippen MR) is 84.8 cm³/mol. The Labute approximate surface area is 136 Å². The van der Waals surface area contributed by atoms with Crippen LogP contribution in [-0.2, 0) is 13.0 Å². The molecule has 1 aromatic carbocycles. The van der Waals surface area contributed by atoms with Gasteiger partial charge in [0.25, 0.3) is 0 Å². The molecule has 0 saturated heterocycles. The zero-order valence-corrected chi connectivity index (χ0v) is 13.2. The van der Waals surface area contributed by atoms with Crippen molar-refractivity contribution in [2.75, 3.05) is 12.3 Å². The molecule has 0 spiro atoms. The van der Waals surface area contributed by atoms with Gasteiger partial charge in [-0.15, -0.1) is 20.4 Å². The van der Waals surface area contributed by atoms with Gasteiger partial charge in [0, 0.05) is 24.4 Å². The number of rotatable bonds is 7. The molecule has 0 amide bonds. The number of benzene rings is 1. The first-order valence-corrected chi connectivity index (χ1v) is 8.12. The van der Waals surface area contributed by atoms with Crippen LogP contribution in [0, 0.1) is 5.82 Å². The first-order chi connectivity index (χ1) is 11.3. The van der Waals surface area contributed by atoms with Crippen molar-refractivity contribution >= 4 is 11.8 Å². The molecule has 0 bridgehead atoms. The minimum absolute atomic E-state index is 0.274. The van der Waals surface area contributed by atoms with Crippen molar-refractivity contribution in [2.45, 2.75) is 18.1 Å². The second-order valence-electron chi connectivity index (χ2n) is 4.80. The normalized spacial score (nSPS) is 11.0. The summed E-state index contributed by atoms with van der Waals surface area (Å²) in [6.45, 7) is 1.24. The van der Waals surface area contributed by atoms with E-state index in [0.29, 0.717) is 13.0 Å². The van der Waals surface area contributed by atoms with E-state index < -0.39 is 0 Å². The third-order valence-corrected chi connectivity index (χ3v) is 4.11. The fourth-order valence-electron chi connectivity index (χ4n) is 2.11. The summed E-state index contributed by atoms with van der Waals surface area (Å²) in [7, 11) is 0. The molecule has 0 aliphatic carbocycles. The summed E-state index contributed by atoms with van der Waals surface area (Å²) >= 11 is 1.57. The molecule has 9 heteroatoms. The van der Waals surface area contributed by atoms with Crippen molar-refractivity contribution in [1.82, 2.24) is 29.5 Å². The maximum atomic E-state index is 13.2. The molecule has 23 heavy (non-hydrogen) atoms. The highest BCUT2D eigenvalue weighted by atomic mass is 32.2. The number of hydrogen-bond donors (Lipinski definition) is 1. The Morgan fingerprint density at radius 2 is 1.83 bits per heavy atom. The molecule has 120 valence electrons. The highest BCUT2D eigenvalue weighted by Crippen LogP contribution is 2.22. The Balaban J connectivity index is 1.80. The number of halogens is 1. The molecule has 2 aromatic heterocycles.